The summed E-state index contributed by atoms with van der Waals surface area (Å²) in [6.45, 7) is 6.43. The van der Waals surface area contributed by atoms with Gasteiger partial charge in [0.15, 0.2) is 0 Å². The van der Waals surface area contributed by atoms with Crippen molar-refractivity contribution in [2.75, 3.05) is 30.8 Å². The second-order valence-electron chi connectivity index (χ2n) is 4.92. The Labute approximate surface area is 114 Å². The van der Waals surface area contributed by atoms with E-state index in [1.807, 2.05) is 0 Å². The fraction of sp³-hybridized carbons (Fsp3) is 0.500. The van der Waals surface area contributed by atoms with E-state index >= 15 is 0 Å². The lowest BCUT2D eigenvalue weighted by Crippen LogP contribution is -2.16. The minimum Gasteiger partial charge on any atom is -0.399 e. The Kier molecular flexibility index (Phi) is 6.15. The summed E-state index contributed by atoms with van der Waals surface area (Å²) in [5.41, 5.74) is 12.6. The highest BCUT2D eigenvalue weighted by atomic mass is 16.5. The van der Waals surface area contributed by atoms with E-state index in [9.17, 15) is 4.79 Å². The molecule has 0 spiro atoms. The zero-order valence-electron chi connectivity index (χ0n) is 11.6. The van der Waals surface area contributed by atoms with Crippen molar-refractivity contribution in [2.45, 2.75) is 20.3 Å². The Morgan fingerprint density at radius 3 is 2.79 bits per heavy atom. The first-order valence-electron chi connectivity index (χ1n) is 6.51. The SMILES string of the molecule is CC(C)COCCCNc1ccc(N)cc1C(N)=O. The summed E-state index contributed by atoms with van der Waals surface area (Å²) < 4.78 is 5.48. The van der Waals surface area contributed by atoms with Crippen molar-refractivity contribution in [3.05, 3.63) is 23.8 Å². The molecule has 0 unspecified atom stereocenters. The maximum atomic E-state index is 11.3. The van der Waals surface area contributed by atoms with E-state index in [2.05, 4.69) is 19.2 Å². The second kappa shape index (κ2) is 7.63. The Balaban J connectivity index is 2.39. The normalized spacial score (nSPS) is 10.7. The third-order valence-electron chi connectivity index (χ3n) is 2.54. The van der Waals surface area contributed by atoms with Gasteiger partial charge in [0.1, 0.15) is 0 Å². The minimum absolute atomic E-state index is 0.420. The number of benzene rings is 1. The smallest absolute Gasteiger partial charge is 0.250 e. The Morgan fingerprint density at radius 2 is 2.16 bits per heavy atom. The molecular formula is C14H23N3O2. The molecule has 0 heterocycles. The number of hydrogen-bond acceptors (Lipinski definition) is 4. The first kappa shape index (κ1) is 15.3. The number of nitrogens with one attached hydrogen (secondary N) is 1. The van der Waals surface area contributed by atoms with Crippen LogP contribution in [-0.2, 0) is 4.74 Å². The molecule has 0 atom stereocenters. The molecule has 0 aliphatic heterocycles. The molecule has 5 heteroatoms. The van der Waals surface area contributed by atoms with Crippen LogP contribution in [-0.4, -0.2) is 25.7 Å². The summed E-state index contributed by atoms with van der Waals surface area (Å²) in [5.74, 6) is 0.0670. The van der Waals surface area contributed by atoms with E-state index in [1.165, 1.54) is 0 Å². The number of rotatable bonds is 8. The molecular weight excluding hydrogens is 242 g/mol. The van der Waals surface area contributed by atoms with Gasteiger partial charge in [0.05, 0.1) is 5.56 Å². The molecule has 5 N–H and O–H groups in total. The van der Waals surface area contributed by atoms with Crippen molar-refractivity contribution in [1.82, 2.24) is 0 Å². The lowest BCUT2D eigenvalue weighted by molar-refractivity contribution is 0.100. The van der Waals surface area contributed by atoms with Gasteiger partial charge in [0.2, 0.25) is 0 Å². The van der Waals surface area contributed by atoms with E-state index < -0.39 is 5.91 Å². The summed E-state index contributed by atoms with van der Waals surface area (Å²) in [6.07, 6.45) is 0.870. The predicted molar refractivity (Wildman–Crippen MR) is 78.1 cm³/mol. The van der Waals surface area contributed by atoms with Crippen LogP contribution in [0.5, 0.6) is 0 Å². The van der Waals surface area contributed by atoms with Gasteiger partial charge in [-0.1, -0.05) is 13.8 Å². The second-order valence-corrected chi connectivity index (χ2v) is 4.92. The van der Waals surface area contributed by atoms with Gasteiger partial charge in [-0.2, -0.15) is 0 Å². The average molecular weight is 265 g/mol. The topological polar surface area (TPSA) is 90.4 Å². The number of amides is 1. The van der Waals surface area contributed by atoms with Crippen LogP contribution in [0.1, 0.15) is 30.6 Å². The van der Waals surface area contributed by atoms with Gasteiger partial charge in [-0.3, -0.25) is 4.79 Å². The molecule has 0 bridgehead atoms. The number of primary amides is 1. The first-order valence-corrected chi connectivity index (χ1v) is 6.51. The third-order valence-corrected chi connectivity index (χ3v) is 2.54. The van der Waals surface area contributed by atoms with E-state index in [-0.39, 0.29) is 0 Å². The van der Waals surface area contributed by atoms with E-state index in [4.69, 9.17) is 16.2 Å². The van der Waals surface area contributed by atoms with Gasteiger partial charge < -0.3 is 21.5 Å². The van der Waals surface area contributed by atoms with Crippen LogP contribution >= 0.6 is 0 Å². The highest BCUT2D eigenvalue weighted by Crippen LogP contribution is 2.18. The first-order chi connectivity index (χ1) is 9.00. The Hall–Kier alpha value is -1.75. The highest BCUT2D eigenvalue weighted by Gasteiger charge is 2.07. The van der Waals surface area contributed by atoms with Crippen molar-refractivity contribution in [3.8, 4) is 0 Å². The van der Waals surface area contributed by atoms with Crippen LogP contribution in [0.4, 0.5) is 11.4 Å². The molecule has 0 aliphatic carbocycles. The summed E-state index contributed by atoms with van der Waals surface area (Å²) in [5, 5.41) is 3.17. The van der Waals surface area contributed by atoms with Gasteiger partial charge in [-0.05, 0) is 30.5 Å². The molecule has 1 aromatic rings. The largest absolute Gasteiger partial charge is 0.399 e. The number of carbonyl (C=O) groups excluding carboxylic acids is 1. The lowest BCUT2D eigenvalue weighted by atomic mass is 10.1. The van der Waals surface area contributed by atoms with Gasteiger partial charge in [-0.25, -0.2) is 0 Å². The Bertz CT molecular complexity index is 419. The Morgan fingerprint density at radius 1 is 1.42 bits per heavy atom. The molecule has 1 amide bonds. The molecule has 1 aromatic carbocycles. The molecule has 1 rings (SSSR count). The standard InChI is InChI=1S/C14H23N3O2/c1-10(2)9-19-7-3-6-17-13-5-4-11(15)8-12(13)14(16)18/h4-5,8,10,17H,3,6-7,9,15H2,1-2H3,(H2,16,18). The van der Waals surface area contributed by atoms with Crippen LogP contribution in [0.3, 0.4) is 0 Å². The fourth-order valence-corrected chi connectivity index (χ4v) is 1.64. The zero-order valence-corrected chi connectivity index (χ0v) is 11.6. The van der Waals surface area contributed by atoms with Crippen molar-refractivity contribution >= 4 is 17.3 Å². The molecule has 0 fully saturated rings. The molecule has 19 heavy (non-hydrogen) atoms. The molecule has 106 valence electrons. The summed E-state index contributed by atoms with van der Waals surface area (Å²) >= 11 is 0. The number of anilines is 2. The van der Waals surface area contributed by atoms with Crippen molar-refractivity contribution in [3.63, 3.8) is 0 Å². The van der Waals surface area contributed by atoms with Gasteiger partial charge >= 0.3 is 0 Å². The number of nitrogen functional groups attached to an aromatic ring is 1. The van der Waals surface area contributed by atoms with Crippen LogP contribution in [0.25, 0.3) is 0 Å². The van der Waals surface area contributed by atoms with Gasteiger partial charge in [0, 0.05) is 31.1 Å². The van der Waals surface area contributed by atoms with Crippen molar-refractivity contribution in [1.29, 1.82) is 0 Å². The zero-order chi connectivity index (χ0) is 14.3. The molecule has 0 saturated carbocycles. The van der Waals surface area contributed by atoms with Crippen LogP contribution in [0, 0.1) is 5.92 Å². The maximum Gasteiger partial charge on any atom is 0.250 e. The van der Waals surface area contributed by atoms with Crippen molar-refractivity contribution in [2.24, 2.45) is 11.7 Å². The van der Waals surface area contributed by atoms with Crippen LogP contribution in [0.15, 0.2) is 18.2 Å². The lowest BCUT2D eigenvalue weighted by Gasteiger charge is -2.11. The van der Waals surface area contributed by atoms with Gasteiger partial charge in [0.25, 0.3) is 5.91 Å². The van der Waals surface area contributed by atoms with Crippen LogP contribution < -0.4 is 16.8 Å². The number of ether oxygens (including phenoxy) is 1. The number of hydrogen-bond donors (Lipinski definition) is 3. The average Bonchev–Trinajstić information content (AvgIpc) is 2.34. The number of nitrogens with two attached hydrogens (primary N) is 2. The van der Waals surface area contributed by atoms with E-state index in [0.29, 0.717) is 29.5 Å². The molecule has 0 saturated heterocycles. The molecule has 0 aromatic heterocycles. The maximum absolute atomic E-state index is 11.3. The van der Waals surface area contributed by atoms with E-state index in [0.717, 1.165) is 19.6 Å². The summed E-state index contributed by atoms with van der Waals surface area (Å²) in [7, 11) is 0. The summed E-state index contributed by atoms with van der Waals surface area (Å²) in [6, 6.07) is 5.09. The quantitative estimate of drug-likeness (QED) is 0.494. The van der Waals surface area contributed by atoms with Crippen LogP contribution in [0.2, 0.25) is 0 Å². The predicted octanol–water partition coefficient (Wildman–Crippen LogP) is 1.84. The monoisotopic (exact) mass is 265 g/mol. The summed E-state index contributed by atoms with van der Waals surface area (Å²) in [4.78, 5) is 11.3. The molecule has 0 aliphatic rings. The van der Waals surface area contributed by atoms with E-state index in [1.54, 1.807) is 18.2 Å². The number of carbonyl (C=O) groups is 1. The highest BCUT2D eigenvalue weighted by molar-refractivity contribution is 5.99. The van der Waals surface area contributed by atoms with Gasteiger partial charge in [-0.15, -0.1) is 0 Å². The third kappa shape index (κ3) is 5.61. The minimum atomic E-state index is -0.481. The van der Waals surface area contributed by atoms with Crippen molar-refractivity contribution < 1.29 is 9.53 Å². The molecule has 5 nitrogen and oxygen atoms in total. The fourth-order valence-electron chi connectivity index (χ4n) is 1.64. The molecule has 0 radical (unpaired) electrons.